The molecule has 2 aromatic heterocycles. The Labute approximate surface area is 145 Å². The second-order valence-electron chi connectivity index (χ2n) is 5.52. The van der Waals surface area contributed by atoms with Gasteiger partial charge in [0.05, 0.1) is 12.2 Å². The number of pyridine rings is 1. The highest BCUT2D eigenvalue weighted by Gasteiger charge is 2.05. The summed E-state index contributed by atoms with van der Waals surface area (Å²) in [5, 5.41) is 19.2. The predicted octanol–water partition coefficient (Wildman–Crippen LogP) is 2.40. The molecule has 0 radical (unpaired) electrons. The lowest BCUT2D eigenvalue weighted by Crippen LogP contribution is -2.30. The average molecular weight is 337 g/mol. The van der Waals surface area contributed by atoms with E-state index in [0.29, 0.717) is 25.3 Å². The maximum absolute atomic E-state index is 11.9. The van der Waals surface area contributed by atoms with Gasteiger partial charge in [-0.1, -0.05) is 18.2 Å². The summed E-state index contributed by atoms with van der Waals surface area (Å²) in [6.07, 6.45) is 4.16. The fraction of sp³-hybridized carbons (Fsp3) is 0.167. The van der Waals surface area contributed by atoms with Crippen molar-refractivity contribution in [1.82, 2.24) is 20.1 Å². The van der Waals surface area contributed by atoms with Crippen LogP contribution in [0.5, 0.6) is 5.75 Å². The number of nitrogens with one attached hydrogen (secondary N) is 2. The SMILES string of the molecule is O=C(NCCc1cccc(O)c1)Nc1ccn(Cc2ccccn2)n1. The van der Waals surface area contributed by atoms with Crippen molar-refractivity contribution in [3.63, 3.8) is 0 Å². The lowest BCUT2D eigenvalue weighted by Gasteiger charge is -2.06. The molecule has 0 bridgehead atoms. The van der Waals surface area contributed by atoms with Gasteiger partial charge in [-0.3, -0.25) is 15.0 Å². The molecule has 0 aliphatic rings. The minimum Gasteiger partial charge on any atom is -0.508 e. The lowest BCUT2D eigenvalue weighted by atomic mass is 10.1. The minimum absolute atomic E-state index is 0.223. The quantitative estimate of drug-likeness (QED) is 0.644. The number of nitrogens with zero attached hydrogens (tertiary/aromatic N) is 3. The molecule has 1 aromatic carbocycles. The second-order valence-corrected chi connectivity index (χ2v) is 5.52. The van der Waals surface area contributed by atoms with Crippen molar-refractivity contribution in [2.45, 2.75) is 13.0 Å². The molecule has 3 N–H and O–H groups in total. The third kappa shape index (κ3) is 5.07. The Bertz CT molecular complexity index is 832. The van der Waals surface area contributed by atoms with Crippen molar-refractivity contribution < 1.29 is 9.90 Å². The van der Waals surface area contributed by atoms with Crippen LogP contribution in [0.3, 0.4) is 0 Å². The summed E-state index contributed by atoms with van der Waals surface area (Å²) in [7, 11) is 0. The second kappa shape index (κ2) is 7.96. The molecular formula is C18H19N5O2. The topological polar surface area (TPSA) is 92.1 Å². The molecule has 3 aromatic rings. The van der Waals surface area contributed by atoms with E-state index in [1.807, 2.05) is 24.3 Å². The number of urea groups is 1. The van der Waals surface area contributed by atoms with Crippen molar-refractivity contribution >= 4 is 11.8 Å². The van der Waals surface area contributed by atoms with Crippen LogP contribution < -0.4 is 10.6 Å². The Morgan fingerprint density at radius 2 is 2.08 bits per heavy atom. The zero-order valence-electron chi connectivity index (χ0n) is 13.6. The Hall–Kier alpha value is -3.35. The number of phenolic OH excluding ortho intramolecular Hbond substituents is 1. The van der Waals surface area contributed by atoms with E-state index in [9.17, 15) is 9.90 Å². The van der Waals surface area contributed by atoms with Crippen molar-refractivity contribution in [3.05, 3.63) is 72.2 Å². The number of hydrogen-bond acceptors (Lipinski definition) is 4. The fourth-order valence-electron chi connectivity index (χ4n) is 2.37. The molecule has 0 fully saturated rings. The van der Waals surface area contributed by atoms with Gasteiger partial charge in [0.2, 0.25) is 0 Å². The predicted molar refractivity (Wildman–Crippen MR) is 94.4 cm³/mol. The van der Waals surface area contributed by atoms with Crippen LogP contribution >= 0.6 is 0 Å². The van der Waals surface area contributed by atoms with E-state index >= 15 is 0 Å². The van der Waals surface area contributed by atoms with Crippen LogP contribution in [-0.4, -0.2) is 32.4 Å². The smallest absolute Gasteiger partial charge is 0.320 e. The number of benzene rings is 1. The summed E-state index contributed by atoms with van der Waals surface area (Å²) in [4.78, 5) is 16.1. The Kier molecular flexibility index (Phi) is 5.26. The van der Waals surface area contributed by atoms with E-state index in [0.717, 1.165) is 11.3 Å². The van der Waals surface area contributed by atoms with Crippen molar-refractivity contribution in [2.24, 2.45) is 0 Å². The average Bonchev–Trinajstić information content (AvgIpc) is 3.02. The van der Waals surface area contributed by atoms with Crippen LogP contribution in [0.1, 0.15) is 11.3 Å². The number of aromatic hydroxyl groups is 1. The summed E-state index contributed by atoms with van der Waals surface area (Å²) in [6.45, 7) is 1.01. The van der Waals surface area contributed by atoms with Gasteiger partial charge < -0.3 is 10.4 Å². The molecule has 2 amide bonds. The summed E-state index contributed by atoms with van der Waals surface area (Å²) >= 11 is 0. The Balaban J connectivity index is 1.45. The highest BCUT2D eigenvalue weighted by Crippen LogP contribution is 2.11. The van der Waals surface area contributed by atoms with Gasteiger partial charge >= 0.3 is 6.03 Å². The Morgan fingerprint density at radius 3 is 2.88 bits per heavy atom. The third-order valence-electron chi connectivity index (χ3n) is 3.54. The number of phenols is 1. The molecule has 0 aliphatic carbocycles. The van der Waals surface area contributed by atoms with Crippen LogP contribution in [0.4, 0.5) is 10.6 Å². The molecule has 7 nitrogen and oxygen atoms in total. The van der Waals surface area contributed by atoms with Crippen LogP contribution in [-0.2, 0) is 13.0 Å². The van der Waals surface area contributed by atoms with Crippen molar-refractivity contribution in [1.29, 1.82) is 0 Å². The zero-order valence-corrected chi connectivity index (χ0v) is 13.6. The van der Waals surface area contributed by atoms with E-state index in [-0.39, 0.29) is 11.8 Å². The van der Waals surface area contributed by atoms with Gasteiger partial charge in [-0.25, -0.2) is 4.79 Å². The molecule has 0 saturated carbocycles. The van der Waals surface area contributed by atoms with Crippen molar-refractivity contribution in [2.75, 3.05) is 11.9 Å². The van der Waals surface area contributed by atoms with Crippen molar-refractivity contribution in [3.8, 4) is 5.75 Å². The highest BCUT2D eigenvalue weighted by molar-refractivity contribution is 5.88. The van der Waals surface area contributed by atoms with Gasteiger partial charge in [0.25, 0.3) is 0 Å². The van der Waals surface area contributed by atoms with E-state index in [4.69, 9.17) is 0 Å². The summed E-state index contributed by atoms with van der Waals surface area (Å²) in [5.74, 6) is 0.700. The minimum atomic E-state index is -0.316. The molecule has 128 valence electrons. The first-order valence-corrected chi connectivity index (χ1v) is 7.95. The van der Waals surface area contributed by atoms with Crippen LogP contribution in [0, 0.1) is 0 Å². The van der Waals surface area contributed by atoms with E-state index in [1.54, 1.807) is 41.3 Å². The summed E-state index contributed by atoms with van der Waals surface area (Å²) in [5.41, 5.74) is 1.85. The molecule has 0 atom stereocenters. The standard InChI is InChI=1S/C18H19N5O2/c24-16-6-3-4-14(12-16)7-10-20-18(25)21-17-8-11-23(22-17)13-15-5-1-2-9-19-15/h1-6,8-9,11-12,24H,7,10,13H2,(H2,20,21,22,25). The third-order valence-corrected chi connectivity index (χ3v) is 3.54. The number of carbonyl (C=O) groups excluding carboxylic acids is 1. The Morgan fingerprint density at radius 1 is 1.16 bits per heavy atom. The molecule has 0 saturated heterocycles. The molecule has 3 rings (SSSR count). The van der Waals surface area contributed by atoms with E-state index in [2.05, 4.69) is 20.7 Å². The monoisotopic (exact) mass is 337 g/mol. The number of aromatic nitrogens is 3. The van der Waals surface area contributed by atoms with Gasteiger partial charge in [0.1, 0.15) is 5.75 Å². The maximum Gasteiger partial charge on any atom is 0.320 e. The summed E-state index contributed by atoms with van der Waals surface area (Å²) < 4.78 is 1.71. The molecular weight excluding hydrogens is 318 g/mol. The largest absolute Gasteiger partial charge is 0.508 e. The van der Waals surface area contributed by atoms with Gasteiger partial charge in [-0.2, -0.15) is 5.10 Å². The molecule has 25 heavy (non-hydrogen) atoms. The lowest BCUT2D eigenvalue weighted by molar-refractivity contribution is 0.252. The van der Waals surface area contributed by atoms with Crippen LogP contribution in [0.25, 0.3) is 0 Å². The normalized spacial score (nSPS) is 10.4. The molecule has 0 spiro atoms. The first kappa shape index (κ1) is 16.5. The zero-order chi connectivity index (χ0) is 17.5. The highest BCUT2D eigenvalue weighted by atomic mass is 16.3. The first-order chi connectivity index (χ1) is 12.2. The van der Waals surface area contributed by atoms with E-state index in [1.165, 1.54) is 0 Å². The summed E-state index contributed by atoms with van der Waals surface area (Å²) in [6, 6.07) is 14.1. The number of carbonyl (C=O) groups is 1. The maximum atomic E-state index is 11.9. The molecule has 2 heterocycles. The van der Waals surface area contributed by atoms with Gasteiger partial charge in [0.15, 0.2) is 5.82 Å². The number of hydrogen-bond donors (Lipinski definition) is 3. The molecule has 0 unspecified atom stereocenters. The number of anilines is 1. The van der Waals surface area contributed by atoms with Crippen LogP contribution in [0.2, 0.25) is 0 Å². The molecule has 7 heteroatoms. The van der Waals surface area contributed by atoms with Gasteiger partial charge in [0, 0.05) is 25.0 Å². The molecule has 0 aliphatic heterocycles. The van der Waals surface area contributed by atoms with Crippen LogP contribution in [0.15, 0.2) is 60.9 Å². The number of amides is 2. The van der Waals surface area contributed by atoms with E-state index < -0.39 is 0 Å². The number of rotatable bonds is 6. The first-order valence-electron chi connectivity index (χ1n) is 7.95. The van der Waals surface area contributed by atoms with Gasteiger partial charge in [-0.15, -0.1) is 0 Å². The van der Waals surface area contributed by atoms with Gasteiger partial charge in [-0.05, 0) is 36.2 Å². The fourth-order valence-corrected chi connectivity index (χ4v) is 2.37.